The average Bonchev–Trinajstić information content (AvgIpc) is 2.53. The molecule has 3 nitrogen and oxygen atoms in total. The van der Waals surface area contributed by atoms with Gasteiger partial charge in [0.1, 0.15) is 5.82 Å². The van der Waals surface area contributed by atoms with Gasteiger partial charge in [-0.3, -0.25) is 4.79 Å². The molecule has 0 saturated carbocycles. The van der Waals surface area contributed by atoms with Crippen LogP contribution in [0.15, 0.2) is 48.5 Å². The topological polar surface area (TPSA) is 35.5 Å². The van der Waals surface area contributed by atoms with Crippen LogP contribution in [0.5, 0.6) is 11.5 Å². The molecule has 6 heteroatoms. The molecule has 120 valence electrons. The Hall–Kier alpha value is -2.76. The molecule has 0 N–H and O–H groups in total. The summed E-state index contributed by atoms with van der Waals surface area (Å²) in [5.41, 5.74) is 0.763. The minimum Gasteiger partial charge on any atom is -0.493 e. The van der Waals surface area contributed by atoms with Crippen molar-refractivity contribution < 1.29 is 27.4 Å². The lowest BCUT2D eigenvalue weighted by atomic mass is 10.1. The molecule has 0 aliphatic heterocycles. The third-order valence-electron chi connectivity index (χ3n) is 2.94. The monoisotopic (exact) mass is 322 g/mol. The summed E-state index contributed by atoms with van der Waals surface area (Å²) in [5.74, 6) is -0.863. The van der Waals surface area contributed by atoms with Gasteiger partial charge < -0.3 is 9.47 Å². The van der Waals surface area contributed by atoms with Crippen molar-refractivity contribution >= 4 is 11.9 Å². The summed E-state index contributed by atoms with van der Waals surface area (Å²) < 4.78 is 46.8. The lowest BCUT2D eigenvalue weighted by Crippen LogP contribution is -2.03. The summed E-state index contributed by atoms with van der Waals surface area (Å²) in [4.78, 5) is 11.9. The van der Waals surface area contributed by atoms with Crippen LogP contribution in [-0.4, -0.2) is 19.5 Å². The Morgan fingerprint density at radius 3 is 2.57 bits per heavy atom. The average molecular weight is 322 g/mol. The van der Waals surface area contributed by atoms with Gasteiger partial charge in [0.2, 0.25) is 0 Å². The number of methoxy groups -OCH3 is 1. The van der Waals surface area contributed by atoms with Crippen molar-refractivity contribution in [2.75, 3.05) is 7.11 Å². The van der Waals surface area contributed by atoms with Gasteiger partial charge in [0.05, 0.1) is 7.11 Å². The molecular formula is C17H13F3O3. The predicted octanol–water partition coefficient (Wildman–Crippen LogP) is 4.33. The van der Waals surface area contributed by atoms with E-state index in [1.54, 1.807) is 0 Å². The van der Waals surface area contributed by atoms with Crippen LogP contribution in [0, 0.1) is 5.82 Å². The first-order valence-electron chi connectivity index (χ1n) is 6.60. The van der Waals surface area contributed by atoms with Crippen LogP contribution in [-0.2, 0) is 0 Å². The van der Waals surface area contributed by atoms with E-state index in [9.17, 15) is 18.0 Å². The molecule has 23 heavy (non-hydrogen) atoms. The zero-order valence-electron chi connectivity index (χ0n) is 12.1. The fourth-order valence-electron chi connectivity index (χ4n) is 1.89. The van der Waals surface area contributed by atoms with Crippen LogP contribution in [0.3, 0.4) is 0 Å². The summed E-state index contributed by atoms with van der Waals surface area (Å²) in [5, 5.41) is 0. The number of hydrogen-bond donors (Lipinski definition) is 0. The van der Waals surface area contributed by atoms with E-state index in [4.69, 9.17) is 4.74 Å². The Labute approximate surface area is 131 Å². The molecule has 2 rings (SSSR count). The lowest BCUT2D eigenvalue weighted by molar-refractivity contribution is -0.0512. The molecule has 0 aliphatic rings. The number of ether oxygens (including phenoxy) is 2. The van der Waals surface area contributed by atoms with Gasteiger partial charge in [0.15, 0.2) is 17.3 Å². The van der Waals surface area contributed by atoms with E-state index in [1.165, 1.54) is 55.7 Å². The Kier molecular flexibility index (Phi) is 5.41. The molecule has 0 aliphatic carbocycles. The van der Waals surface area contributed by atoms with Crippen molar-refractivity contribution in [2.24, 2.45) is 0 Å². The van der Waals surface area contributed by atoms with E-state index >= 15 is 0 Å². The molecule has 0 fully saturated rings. The number of ketones is 1. The molecule has 0 bridgehead atoms. The number of allylic oxidation sites excluding steroid dienone is 1. The molecule has 2 aromatic carbocycles. The van der Waals surface area contributed by atoms with E-state index < -0.39 is 12.4 Å². The third-order valence-corrected chi connectivity index (χ3v) is 2.94. The number of benzene rings is 2. The van der Waals surface area contributed by atoms with Crippen LogP contribution < -0.4 is 9.47 Å². The fourth-order valence-corrected chi connectivity index (χ4v) is 1.89. The number of rotatable bonds is 6. The molecule has 0 radical (unpaired) electrons. The van der Waals surface area contributed by atoms with E-state index in [2.05, 4.69) is 4.74 Å². The molecule has 0 heterocycles. The number of alkyl halides is 2. The van der Waals surface area contributed by atoms with Gasteiger partial charge >= 0.3 is 6.61 Å². The quantitative estimate of drug-likeness (QED) is 0.586. The van der Waals surface area contributed by atoms with Crippen molar-refractivity contribution in [3.8, 4) is 11.5 Å². The zero-order valence-corrected chi connectivity index (χ0v) is 12.1. The van der Waals surface area contributed by atoms with E-state index in [0.717, 1.165) is 6.07 Å². The standard InChI is InChI=1S/C17H13F3O3/c1-22-16-9-11(6-8-15(16)23-17(19)20)5-7-14(21)12-3-2-4-13(18)10-12/h2-10,17H,1H3. The number of carbonyl (C=O) groups is 1. The molecule has 0 saturated heterocycles. The van der Waals surface area contributed by atoms with Crippen molar-refractivity contribution in [1.82, 2.24) is 0 Å². The van der Waals surface area contributed by atoms with Crippen LogP contribution in [0.4, 0.5) is 13.2 Å². The second-order valence-electron chi connectivity index (χ2n) is 4.50. The molecule has 0 aromatic heterocycles. The highest BCUT2D eigenvalue weighted by Crippen LogP contribution is 2.29. The molecule has 0 unspecified atom stereocenters. The van der Waals surface area contributed by atoms with Crippen molar-refractivity contribution in [1.29, 1.82) is 0 Å². The second-order valence-corrected chi connectivity index (χ2v) is 4.50. The Morgan fingerprint density at radius 1 is 1.13 bits per heavy atom. The van der Waals surface area contributed by atoms with Crippen LogP contribution in [0.2, 0.25) is 0 Å². The Balaban J connectivity index is 2.17. The molecule has 0 spiro atoms. The molecular weight excluding hydrogens is 309 g/mol. The summed E-state index contributed by atoms with van der Waals surface area (Å²) in [6.45, 7) is -2.96. The highest BCUT2D eigenvalue weighted by atomic mass is 19.3. The van der Waals surface area contributed by atoms with E-state index in [-0.39, 0.29) is 22.8 Å². The normalized spacial score (nSPS) is 11.0. The molecule has 0 amide bonds. The highest BCUT2D eigenvalue weighted by molar-refractivity contribution is 6.06. The van der Waals surface area contributed by atoms with Crippen molar-refractivity contribution in [2.45, 2.75) is 6.61 Å². The summed E-state index contributed by atoms with van der Waals surface area (Å²) in [6.07, 6.45) is 2.74. The minimum atomic E-state index is -2.96. The maximum atomic E-state index is 13.1. The van der Waals surface area contributed by atoms with Gasteiger partial charge in [-0.25, -0.2) is 4.39 Å². The minimum absolute atomic E-state index is 0.101. The van der Waals surface area contributed by atoms with E-state index in [1.807, 2.05) is 0 Å². The van der Waals surface area contributed by atoms with Gasteiger partial charge in [-0.1, -0.05) is 24.3 Å². The maximum Gasteiger partial charge on any atom is 0.387 e. The smallest absolute Gasteiger partial charge is 0.387 e. The van der Waals surface area contributed by atoms with Crippen LogP contribution in [0.25, 0.3) is 6.08 Å². The first kappa shape index (κ1) is 16.6. The number of halogens is 3. The SMILES string of the molecule is COc1cc(C=CC(=O)c2cccc(F)c2)ccc1OC(F)F. The summed E-state index contributed by atoms with van der Waals surface area (Å²) in [6, 6.07) is 9.58. The van der Waals surface area contributed by atoms with Gasteiger partial charge in [0, 0.05) is 5.56 Å². The number of carbonyl (C=O) groups excluding carboxylic acids is 1. The van der Waals surface area contributed by atoms with Gasteiger partial charge in [-0.05, 0) is 35.9 Å². The first-order chi connectivity index (χ1) is 11.0. The first-order valence-corrected chi connectivity index (χ1v) is 6.60. The fraction of sp³-hybridized carbons (Fsp3) is 0.118. The predicted molar refractivity (Wildman–Crippen MR) is 79.4 cm³/mol. The highest BCUT2D eigenvalue weighted by Gasteiger charge is 2.10. The maximum absolute atomic E-state index is 13.1. The van der Waals surface area contributed by atoms with Crippen LogP contribution >= 0.6 is 0 Å². The summed E-state index contributed by atoms with van der Waals surface area (Å²) in [7, 11) is 1.32. The molecule has 0 atom stereocenters. The zero-order chi connectivity index (χ0) is 16.8. The van der Waals surface area contributed by atoms with Crippen molar-refractivity contribution in [3.63, 3.8) is 0 Å². The Bertz CT molecular complexity index is 727. The largest absolute Gasteiger partial charge is 0.493 e. The summed E-state index contributed by atoms with van der Waals surface area (Å²) >= 11 is 0. The van der Waals surface area contributed by atoms with Crippen LogP contribution in [0.1, 0.15) is 15.9 Å². The number of hydrogen-bond acceptors (Lipinski definition) is 3. The Morgan fingerprint density at radius 2 is 1.91 bits per heavy atom. The van der Waals surface area contributed by atoms with Crippen molar-refractivity contribution in [3.05, 3.63) is 65.5 Å². The van der Waals surface area contributed by atoms with E-state index in [0.29, 0.717) is 5.56 Å². The second kappa shape index (κ2) is 7.49. The third kappa shape index (κ3) is 4.60. The van der Waals surface area contributed by atoms with Gasteiger partial charge in [0.25, 0.3) is 0 Å². The molecule has 2 aromatic rings. The van der Waals surface area contributed by atoms with Gasteiger partial charge in [-0.2, -0.15) is 8.78 Å². The van der Waals surface area contributed by atoms with Gasteiger partial charge in [-0.15, -0.1) is 0 Å². The lowest BCUT2D eigenvalue weighted by Gasteiger charge is -2.10.